The molecule has 1 aromatic carbocycles. The normalized spacial score (nSPS) is 14.2. The summed E-state index contributed by atoms with van der Waals surface area (Å²) in [7, 11) is 0. The summed E-state index contributed by atoms with van der Waals surface area (Å²) in [5.74, 6) is -1.58. The van der Waals surface area contributed by atoms with E-state index >= 15 is 0 Å². The van der Waals surface area contributed by atoms with Crippen molar-refractivity contribution in [3.8, 4) is 5.75 Å². The summed E-state index contributed by atoms with van der Waals surface area (Å²) >= 11 is 0. The second-order valence-corrected chi connectivity index (χ2v) is 7.62. The van der Waals surface area contributed by atoms with Gasteiger partial charge < -0.3 is 15.2 Å². The molecule has 0 radical (unpaired) electrons. The number of hydrogen-bond acceptors (Lipinski definition) is 7. The number of nitrogens with one attached hydrogen (secondary N) is 1. The smallest absolute Gasteiger partial charge is 0.310 e. The molecule has 0 saturated heterocycles. The van der Waals surface area contributed by atoms with E-state index < -0.39 is 40.1 Å². The lowest BCUT2D eigenvalue weighted by Crippen LogP contribution is -2.56. The fourth-order valence-corrected chi connectivity index (χ4v) is 2.21. The molecule has 0 aliphatic heterocycles. The molecular weight excluding hydrogens is 354 g/mol. The van der Waals surface area contributed by atoms with Gasteiger partial charge in [0.1, 0.15) is 6.04 Å². The van der Waals surface area contributed by atoms with E-state index in [0.29, 0.717) is 0 Å². The molecule has 0 aromatic heterocycles. The van der Waals surface area contributed by atoms with Crippen molar-refractivity contribution in [1.82, 2.24) is 5.32 Å². The highest BCUT2D eigenvalue weighted by Crippen LogP contribution is 2.29. The predicted octanol–water partition coefficient (Wildman–Crippen LogP) is 1.93. The third kappa shape index (κ3) is 6.61. The van der Waals surface area contributed by atoms with Crippen LogP contribution >= 0.6 is 0 Å². The van der Waals surface area contributed by atoms with Crippen molar-refractivity contribution in [2.75, 3.05) is 0 Å². The third-order valence-electron chi connectivity index (χ3n) is 3.56. The minimum absolute atomic E-state index is 0.0798. The van der Waals surface area contributed by atoms with E-state index in [1.165, 1.54) is 32.0 Å². The van der Waals surface area contributed by atoms with Gasteiger partial charge in [-0.2, -0.15) is 0 Å². The minimum Gasteiger partial charge on any atom is -0.471 e. The first kappa shape index (κ1) is 22.5. The van der Waals surface area contributed by atoms with Gasteiger partial charge in [0.2, 0.25) is 5.91 Å². The van der Waals surface area contributed by atoms with Crippen LogP contribution in [0.1, 0.15) is 41.5 Å². The predicted molar refractivity (Wildman–Crippen MR) is 99.2 cm³/mol. The van der Waals surface area contributed by atoms with Gasteiger partial charge in [-0.05, 0) is 47.6 Å². The van der Waals surface area contributed by atoms with Crippen molar-refractivity contribution < 1.29 is 24.0 Å². The average Bonchev–Trinajstić information content (AvgIpc) is 2.52. The first-order chi connectivity index (χ1) is 12.2. The molecule has 150 valence electrons. The molecule has 0 fully saturated rings. The zero-order valence-electron chi connectivity index (χ0n) is 16.4. The van der Waals surface area contributed by atoms with Crippen molar-refractivity contribution in [3.63, 3.8) is 0 Å². The van der Waals surface area contributed by atoms with E-state index in [0.717, 1.165) is 0 Å². The zero-order chi connectivity index (χ0) is 21.0. The Kier molecular flexibility index (Phi) is 7.05. The third-order valence-corrected chi connectivity index (χ3v) is 3.56. The Bertz CT molecular complexity index is 711. The van der Waals surface area contributed by atoms with Crippen molar-refractivity contribution in [2.24, 2.45) is 5.73 Å². The lowest BCUT2D eigenvalue weighted by Gasteiger charge is -2.29. The number of nitro benzene ring substituents is 1. The largest absolute Gasteiger partial charge is 0.471 e. The maximum absolute atomic E-state index is 12.4. The first-order valence-electron chi connectivity index (χ1n) is 8.46. The molecule has 0 aliphatic carbocycles. The van der Waals surface area contributed by atoms with Crippen LogP contribution in [0.5, 0.6) is 5.75 Å². The van der Waals surface area contributed by atoms with Gasteiger partial charge in [-0.1, -0.05) is 12.1 Å². The van der Waals surface area contributed by atoms with E-state index in [2.05, 4.69) is 5.32 Å². The van der Waals surface area contributed by atoms with E-state index in [-0.39, 0.29) is 11.4 Å². The first-order valence-corrected chi connectivity index (χ1v) is 8.46. The molecule has 0 bridgehead atoms. The van der Waals surface area contributed by atoms with Gasteiger partial charge in [-0.25, -0.2) is 0 Å². The van der Waals surface area contributed by atoms with Gasteiger partial charge in [0.15, 0.2) is 11.4 Å². The Hall–Kier alpha value is -2.52. The molecule has 0 spiro atoms. The van der Waals surface area contributed by atoms with Crippen LogP contribution in [0, 0.1) is 10.1 Å². The van der Waals surface area contributed by atoms with Crippen LogP contribution in [0.25, 0.3) is 0 Å². The quantitative estimate of drug-likeness (QED) is 0.544. The Morgan fingerprint density at radius 2 is 1.74 bits per heavy atom. The maximum Gasteiger partial charge on any atom is 0.310 e. The topological polar surface area (TPSA) is 134 Å². The van der Waals surface area contributed by atoms with Crippen molar-refractivity contribution in [2.45, 2.75) is 64.9 Å². The highest BCUT2D eigenvalue weighted by molar-refractivity contribution is 6.01. The molecule has 0 unspecified atom stereocenters. The van der Waals surface area contributed by atoms with Crippen LogP contribution in [0.4, 0.5) is 5.69 Å². The van der Waals surface area contributed by atoms with Crippen LogP contribution in [0.15, 0.2) is 24.3 Å². The Balaban J connectivity index is 2.83. The second-order valence-electron chi connectivity index (χ2n) is 7.62. The zero-order valence-corrected chi connectivity index (χ0v) is 16.4. The fraction of sp³-hybridized carbons (Fsp3) is 0.556. The molecule has 0 aliphatic rings. The number of hydrogen-bond donors (Lipinski definition) is 2. The van der Waals surface area contributed by atoms with Gasteiger partial charge >= 0.3 is 5.69 Å². The van der Waals surface area contributed by atoms with Crippen LogP contribution in [0.2, 0.25) is 0 Å². The number of benzene rings is 1. The molecule has 2 amide bonds. The van der Waals surface area contributed by atoms with Crippen molar-refractivity contribution >= 4 is 17.5 Å². The Morgan fingerprint density at radius 3 is 2.26 bits per heavy atom. The van der Waals surface area contributed by atoms with E-state index in [1.54, 1.807) is 13.0 Å². The monoisotopic (exact) mass is 381 g/mol. The molecule has 1 aromatic rings. The van der Waals surface area contributed by atoms with Crippen LogP contribution in [-0.2, 0) is 14.3 Å². The summed E-state index contributed by atoms with van der Waals surface area (Å²) in [6.07, 6.45) is -0.628. The Labute approximate surface area is 158 Å². The number of nitro groups is 1. The van der Waals surface area contributed by atoms with Gasteiger partial charge in [-0.3, -0.25) is 25.0 Å². The van der Waals surface area contributed by atoms with Gasteiger partial charge in [0, 0.05) is 6.07 Å². The second kappa shape index (κ2) is 8.45. The van der Waals surface area contributed by atoms with Crippen molar-refractivity contribution in [1.29, 1.82) is 0 Å². The molecule has 0 saturated carbocycles. The molecule has 3 N–H and O–H groups in total. The highest BCUT2D eigenvalue weighted by atomic mass is 16.6. The number of nitrogens with two attached hydrogens (primary N) is 1. The van der Waals surface area contributed by atoms with Crippen LogP contribution in [0.3, 0.4) is 0 Å². The number of ether oxygens (including phenoxy) is 2. The maximum atomic E-state index is 12.4. The summed E-state index contributed by atoms with van der Waals surface area (Å²) < 4.78 is 11.1. The fourth-order valence-electron chi connectivity index (χ4n) is 2.21. The summed E-state index contributed by atoms with van der Waals surface area (Å²) in [5, 5.41) is 13.3. The van der Waals surface area contributed by atoms with Crippen LogP contribution < -0.4 is 15.8 Å². The van der Waals surface area contributed by atoms with Gasteiger partial charge in [0.05, 0.1) is 16.6 Å². The Morgan fingerprint density at radius 1 is 1.19 bits per heavy atom. The molecule has 9 nitrogen and oxygen atoms in total. The lowest BCUT2D eigenvalue weighted by molar-refractivity contribution is -0.386. The number of imide groups is 1. The highest BCUT2D eigenvalue weighted by Gasteiger charge is 2.35. The summed E-state index contributed by atoms with van der Waals surface area (Å²) in [5.41, 5.74) is 3.52. The lowest BCUT2D eigenvalue weighted by atomic mass is 10.1. The molecule has 0 heterocycles. The summed E-state index contributed by atoms with van der Waals surface area (Å²) in [6.45, 7) is 9.89. The van der Waals surface area contributed by atoms with Gasteiger partial charge in [-0.15, -0.1) is 0 Å². The molecule has 9 heteroatoms. The number of carbonyl (C=O) groups excluding carboxylic acids is 2. The molecule has 1 rings (SSSR count). The standard InChI is InChI=1S/C18H27N3O6/c1-11(26-17(2,3)4)14(19)15(22)20-16(23)18(5,6)27-13-10-8-7-9-12(13)21(24)25/h7-11,14H,19H2,1-6H3,(H,20,22,23)/t11-,14+/m1/s1. The van der Waals surface area contributed by atoms with Crippen LogP contribution in [-0.4, -0.2) is 40.1 Å². The average molecular weight is 381 g/mol. The van der Waals surface area contributed by atoms with E-state index in [9.17, 15) is 19.7 Å². The molecular formula is C18H27N3O6. The number of rotatable bonds is 7. The SMILES string of the molecule is C[C@@H](OC(C)(C)C)[C@H](N)C(=O)NC(=O)C(C)(C)Oc1ccccc1[N+](=O)[O-]. The number of carbonyl (C=O) groups is 2. The molecule has 27 heavy (non-hydrogen) atoms. The molecule has 2 atom stereocenters. The minimum atomic E-state index is -1.55. The number of para-hydroxylation sites is 2. The number of nitrogens with zero attached hydrogens (tertiary/aromatic N) is 1. The number of amides is 2. The van der Waals surface area contributed by atoms with Gasteiger partial charge in [0.25, 0.3) is 5.91 Å². The summed E-state index contributed by atoms with van der Waals surface area (Å²) in [6, 6.07) is 4.59. The van der Waals surface area contributed by atoms with Crippen molar-refractivity contribution in [3.05, 3.63) is 34.4 Å². The van der Waals surface area contributed by atoms with E-state index in [1.807, 2.05) is 20.8 Å². The summed E-state index contributed by atoms with van der Waals surface area (Å²) in [4.78, 5) is 35.2. The van der Waals surface area contributed by atoms with E-state index in [4.69, 9.17) is 15.2 Å².